The molecule has 2 fully saturated rings. The first-order valence-corrected chi connectivity index (χ1v) is 6.13. The lowest BCUT2D eigenvalue weighted by molar-refractivity contribution is 0.0519. The van der Waals surface area contributed by atoms with Crippen molar-refractivity contribution >= 4 is 11.4 Å². The second-order valence-electron chi connectivity index (χ2n) is 5.64. The van der Waals surface area contributed by atoms with E-state index in [0.717, 1.165) is 22.5 Å². The van der Waals surface area contributed by atoms with Gasteiger partial charge >= 0.3 is 0 Å². The minimum absolute atomic E-state index is 0.0458. The number of benzene rings is 1. The summed E-state index contributed by atoms with van der Waals surface area (Å²) in [6.45, 7) is 1.98. The number of ether oxygens (including phenoxy) is 1. The van der Waals surface area contributed by atoms with Crippen LogP contribution in [-0.2, 0) is 18.0 Å². The Kier molecular flexibility index (Phi) is 1.74. The predicted octanol–water partition coefficient (Wildman–Crippen LogP) is 2.14. The Balaban J connectivity index is 1.63. The molecular formula is C13H14F2N2O. The van der Waals surface area contributed by atoms with Crippen LogP contribution in [0.25, 0.3) is 0 Å². The quantitative estimate of drug-likeness (QED) is 0.778. The highest BCUT2D eigenvalue weighted by Gasteiger charge is 2.76. The second-order valence-corrected chi connectivity index (χ2v) is 5.64. The lowest BCUT2D eigenvalue weighted by Gasteiger charge is -2.42. The summed E-state index contributed by atoms with van der Waals surface area (Å²) >= 11 is 0. The van der Waals surface area contributed by atoms with Crippen LogP contribution in [0.5, 0.6) is 0 Å². The van der Waals surface area contributed by atoms with Crippen LogP contribution in [0.3, 0.4) is 0 Å². The fourth-order valence-corrected chi connectivity index (χ4v) is 3.16. The molecule has 1 aromatic carbocycles. The molecule has 2 aliphatic heterocycles. The van der Waals surface area contributed by atoms with Gasteiger partial charge in [0, 0.05) is 42.0 Å². The number of fused-ring (bicyclic) bond motifs is 1. The van der Waals surface area contributed by atoms with Crippen molar-refractivity contribution in [2.45, 2.75) is 25.6 Å². The van der Waals surface area contributed by atoms with Crippen molar-refractivity contribution in [3.8, 4) is 0 Å². The summed E-state index contributed by atoms with van der Waals surface area (Å²) in [6, 6.07) is 3.77. The van der Waals surface area contributed by atoms with E-state index in [9.17, 15) is 8.78 Å². The number of rotatable bonds is 1. The van der Waals surface area contributed by atoms with Gasteiger partial charge in [-0.3, -0.25) is 0 Å². The highest BCUT2D eigenvalue weighted by atomic mass is 19.3. The van der Waals surface area contributed by atoms with Crippen molar-refractivity contribution in [2.75, 3.05) is 23.7 Å². The number of hydrogen-bond acceptors (Lipinski definition) is 3. The summed E-state index contributed by atoms with van der Waals surface area (Å²) in [5, 5.41) is 0. The molecule has 3 nitrogen and oxygen atoms in total. The van der Waals surface area contributed by atoms with E-state index in [4.69, 9.17) is 10.5 Å². The van der Waals surface area contributed by atoms with E-state index >= 15 is 0 Å². The number of alkyl halides is 2. The number of nitrogen functional groups attached to an aromatic ring is 1. The van der Waals surface area contributed by atoms with Crippen molar-refractivity contribution in [1.29, 1.82) is 0 Å². The summed E-state index contributed by atoms with van der Waals surface area (Å²) in [7, 11) is 0. The lowest BCUT2D eigenvalue weighted by Crippen LogP contribution is -2.51. The summed E-state index contributed by atoms with van der Waals surface area (Å²) in [4.78, 5) is 2.02. The SMILES string of the molecule is Nc1ccc(N2CC3(C2)CC3(F)F)c2c1COC2. The van der Waals surface area contributed by atoms with Gasteiger partial charge in [-0.05, 0) is 12.1 Å². The Labute approximate surface area is 104 Å². The van der Waals surface area contributed by atoms with Crippen LogP contribution in [0.4, 0.5) is 20.2 Å². The molecule has 1 aliphatic carbocycles. The van der Waals surface area contributed by atoms with Crippen LogP contribution in [0.15, 0.2) is 12.1 Å². The summed E-state index contributed by atoms with van der Waals surface area (Å²) in [5.74, 6) is -2.45. The zero-order valence-corrected chi connectivity index (χ0v) is 9.88. The Bertz CT molecular complexity index is 538. The Morgan fingerprint density at radius 3 is 2.50 bits per heavy atom. The maximum absolute atomic E-state index is 13.2. The van der Waals surface area contributed by atoms with Gasteiger partial charge in [-0.2, -0.15) is 0 Å². The molecule has 1 aromatic rings. The predicted molar refractivity (Wildman–Crippen MR) is 63.6 cm³/mol. The number of nitrogens with two attached hydrogens (primary N) is 1. The number of halogens is 2. The minimum atomic E-state index is -2.45. The van der Waals surface area contributed by atoms with Crippen LogP contribution >= 0.6 is 0 Å². The molecule has 0 bridgehead atoms. The monoisotopic (exact) mass is 252 g/mol. The van der Waals surface area contributed by atoms with E-state index in [2.05, 4.69) is 0 Å². The number of hydrogen-bond donors (Lipinski definition) is 1. The standard InChI is InChI=1S/C13H14F2N2O/c14-13(15)5-12(13)6-17(7-12)11-2-1-10(16)8-3-18-4-9(8)11/h1-2H,3-7,16H2. The lowest BCUT2D eigenvalue weighted by atomic mass is 9.93. The van der Waals surface area contributed by atoms with Gasteiger partial charge in [0.2, 0.25) is 0 Å². The molecule has 0 aromatic heterocycles. The molecule has 1 saturated carbocycles. The van der Waals surface area contributed by atoms with Crippen LogP contribution in [0.2, 0.25) is 0 Å². The smallest absolute Gasteiger partial charge is 0.258 e. The van der Waals surface area contributed by atoms with Gasteiger partial charge in [-0.15, -0.1) is 0 Å². The highest BCUT2D eigenvalue weighted by molar-refractivity contribution is 5.67. The fourth-order valence-electron chi connectivity index (χ4n) is 3.16. The van der Waals surface area contributed by atoms with Gasteiger partial charge in [0.25, 0.3) is 5.92 Å². The van der Waals surface area contributed by atoms with E-state index in [1.807, 2.05) is 17.0 Å². The van der Waals surface area contributed by atoms with Gasteiger partial charge in [0.15, 0.2) is 0 Å². The van der Waals surface area contributed by atoms with Gasteiger partial charge < -0.3 is 15.4 Å². The first-order chi connectivity index (χ1) is 8.52. The van der Waals surface area contributed by atoms with Crippen molar-refractivity contribution in [1.82, 2.24) is 0 Å². The van der Waals surface area contributed by atoms with E-state index in [1.54, 1.807) is 0 Å². The zero-order valence-electron chi connectivity index (χ0n) is 9.88. The third-order valence-electron chi connectivity index (χ3n) is 4.47. The maximum atomic E-state index is 13.2. The van der Waals surface area contributed by atoms with Gasteiger partial charge in [-0.1, -0.05) is 0 Å². The minimum Gasteiger partial charge on any atom is -0.398 e. The van der Waals surface area contributed by atoms with E-state index < -0.39 is 11.3 Å². The molecule has 0 unspecified atom stereocenters. The Morgan fingerprint density at radius 2 is 1.83 bits per heavy atom. The molecular weight excluding hydrogens is 238 g/mol. The molecule has 18 heavy (non-hydrogen) atoms. The molecule has 2 N–H and O–H groups in total. The topological polar surface area (TPSA) is 38.5 Å². The molecule has 96 valence electrons. The van der Waals surface area contributed by atoms with Crippen LogP contribution in [0, 0.1) is 5.41 Å². The zero-order chi connectivity index (χ0) is 12.5. The Morgan fingerprint density at radius 1 is 1.17 bits per heavy atom. The van der Waals surface area contributed by atoms with Crippen LogP contribution in [0.1, 0.15) is 17.5 Å². The summed E-state index contributed by atoms with van der Waals surface area (Å²) < 4.78 is 31.8. The van der Waals surface area contributed by atoms with Crippen molar-refractivity contribution in [3.05, 3.63) is 23.3 Å². The summed E-state index contributed by atoms with van der Waals surface area (Å²) in [6.07, 6.45) is 0.0458. The van der Waals surface area contributed by atoms with E-state index in [1.165, 1.54) is 0 Å². The van der Waals surface area contributed by atoms with E-state index in [0.29, 0.717) is 26.3 Å². The fraction of sp³-hybridized carbons (Fsp3) is 0.538. The molecule has 0 atom stereocenters. The first-order valence-electron chi connectivity index (χ1n) is 6.13. The molecule has 3 aliphatic rings. The second kappa shape index (κ2) is 2.96. The average molecular weight is 252 g/mol. The molecule has 1 saturated heterocycles. The Hall–Kier alpha value is -1.36. The van der Waals surface area contributed by atoms with Crippen molar-refractivity contribution in [2.24, 2.45) is 5.41 Å². The highest BCUT2D eigenvalue weighted by Crippen LogP contribution is 2.65. The third-order valence-corrected chi connectivity index (χ3v) is 4.47. The van der Waals surface area contributed by atoms with Gasteiger partial charge in [-0.25, -0.2) is 8.78 Å². The van der Waals surface area contributed by atoms with Gasteiger partial charge in [0.1, 0.15) is 0 Å². The molecule has 0 amide bonds. The number of nitrogens with zero attached hydrogens (tertiary/aromatic N) is 1. The van der Waals surface area contributed by atoms with Crippen molar-refractivity contribution < 1.29 is 13.5 Å². The molecule has 0 radical (unpaired) electrons. The van der Waals surface area contributed by atoms with E-state index in [-0.39, 0.29) is 6.42 Å². The average Bonchev–Trinajstić information content (AvgIpc) is 2.68. The van der Waals surface area contributed by atoms with Crippen LogP contribution in [-0.4, -0.2) is 19.0 Å². The third kappa shape index (κ3) is 1.15. The van der Waals surface area contributed by atoms with Gasteiger partial charge in [0.05, 0.1) is 18.6 Å². The molecule has 1 spiro atoms. The number of anilines is 2. The van der Waals surface area contributed by atoms with Crippen molar-refractivity contribution in [3.63, 3.8) is 0 Å². The molecule has 4 rings (SSSR count). The van der Waals surface area contributed by atoms with Crippen LogP contribution < -0.4 is 10.6 Å². The summed E-state index contributed by atoms with van der Waals surface area (Å²) in [5.41, 5.74) is 9.01. The normalized spacial score (nSPS) is 26.0. The first kappa shape index (κ1) is 10.6. The molecule has 5 heteroatoms. The largest absolute Gasteiger partial charge is 0.398 e. The maximum Gasteiger partial charge on any atom is 0.258 e. The molecule has 2 heterocycles.